The first kappa shape index (κ1) is 22.1. The summed E-state index contributed by atoms with van der Waals surface area (Å²) in [6, 6.07) is 12.3. The Balaban J connectivity index is 1.79. The lowest BCUT2D eigenvalue weighted by molar-refractivity contribution is 0.00584. The molecule has 4 aromatic rings. The number of carbonyl (C=O) groups excluding carboxylic acids is 2. The molecular formula is C23H21ClN2O5S. The normalized spacial score (nSPS) is 11.7. The van der Waals surface area contributed by atoms with Gasteiger partial charge in [0.2, 0.25) is 0 Å². The SMILES string of the molecule is COC(=O)c1cccc2c1cc(C(=O)OC(C)(C)C)n2Cc1cc(-c2ccc(Cl)s2)on1. The predicted octanol–water partition coefficient (Wildman–Crippen LogP) is 5.80. The molecule has 0 bridgehead atoms. The molecule has 0 aliphatic rings. The van der Waals surface area contributed by atoms with Gasteiger partial charge in [0.25, 0.3) is 0 Å². The summed E-state index contributed by atoms with van der Waals surface area (Å²) in [4.78, 5) is 26.1. The van der Waals surface area contributed by atoms with Crippen LogP contribution in [0.15, 0.2) is 47.0 Å². The fourth-order valence-electron chi connectivity index (χ4n) is 3.35. The number of esters is 2. The average Bonchev–Trinajstić information content (AvgIpc) is 3.45. The molecular weight excluding hydrogens is 452 g/mol. The van der Waals surface area contributed by atoms with Crippen molar-refractivity contribution in [2.75, 3.05) is 7.11 Å². The van der Waals surface area contributed by atoms with Crippen LogP contribution in [0.25, 0.3) is 21.5 Å². The quantitative estimate of drug-likeness (QED) is 0.341. The van der Waals surface area contributed by atoms with Gasteiger partial charge in [0.1, 0.15) is 17.0 Å². The van der Waals surface area contributed by atoms with Crippen molar-refractivity contribution in [2.24, 2.45) is 0 Å². The molecule has 0 spiro atoms. The molecule has 0 aliphatic carbocycles. The van der Waals surface area contributed by atoms with E-state index in [9.17, 15) is 9.59 Å². The van der Waals surface area contributed by atoms with E-state index in [1.54, 1.807) is 55.7 Å². The Morgan fingerprint density at radius 3 is 2.59 bits per heavy atom. The summed E-state index contributed by atoms with van der Waals surface area (Å²) in [5.74, 6) is -0.400. The molecule has 166 valence electrons. The van der Waals surface area contributed by atoms with Crippen molar-refractivity contribution in [3.63, 3.8) is 0 Å². The molecule has 9 heteroatoms. The lowest BCUT2D eigenvalue weighted by Crippen LogP contribution is -2.25. The first-order chi connectivity index (χ1) is 15.2. The van der Waals surface area contributed by atoms with Crippen LogP contribution in [-0.4, -0.2) is 34.4 Å². The van der Waals surface area contributed by atoms with Crippen LogP contribution in [0.4, 0.5) is 0 Å². The van der Waals surface area contributed by atoms with Gasteiger partial charge in [0.15, 0.2) is 5.76 Å². The number of fused-ring (bicyclic) bond motifs is 1. The van der Waals surface area contributed by atoms with Crippen molar-refractivity contribution >= 4 is 45.8 Å². The molecule has 7 nitrogen and oxygen atoms in total. The lowest BCUT2D eigenvalue weighted by Gasteiger charge is -2.20. The third-order valence-electron chi connectivity index (χ3n) is 4.65. The largest absolute Gasteiger partial charge is 0.465 e. The Hall–Kier alpha value is -3.10. The second kappa shape index (κ2) is 8.44. The van der Waals surface area contributed by atoms with Gasteiger partial charge in [-0.2, -0.15) is 0 Å². The van der Waals surface area contributed by atoms with Crippen molar-refractivity contribution in [2.45, 2.75) is 32.9 Å². The summed E-state index contributed by atoms with van der Waals surface area (Å²) in [6.07, 6.45) is 0. The molecule has 0 amide bonds. The van der Waals surface area contributed by atoms with Gasteiger partial charge in [0, 0.05) is 17.0 Å². The zero-order chi connectivity index (χ0) is 23.0. The van der Waals surface area contributed by atoms with Crippen molar-refractivity contribution in [3.05, 3.63) is 63.8 Å². The highest BCUT2D eigenvalue weighted by Crippen LogP contribution is 2.32. The van der Waals surface area contributed by atoms with Gasteiger partial charge >= 0.3 is 11.9 Å². The smallest absolute Gasteiger partial charge is 0.355 e. The third-order valence-corrected chi connectivity index (χ3v) is 5.90. The molecule has 3 heterocycles. The summed E-state index contributed by atoms with van der Waals surface area (Å²) in [7, 11) is 1.32. The Kier molecular flexibility index (Phi) is 5.83. The third kappa shape index (κ3) is 4.42. The van der Waals surface area contributed by atoms with E-state index in [4.69, 9.17) is 25.6 Å². The molecule has 0 fully saturated rings. The average molecular weight is 473 g/mol. The Morgan fingerprint density at radius 2 is 1.94 bits per heavy atom. The van der Waals surface area contributed by atoms with Gasteiger partial charge < -0.3 is 18.6 Å². The van der Waals surface area contributed by atoms with Gasteiger partial charge in [0.05, 0.1) is 28.4 Å². The molecule has 1 aromatic carbocycles. The number of ether oxygens (including phenoxy) is 2. The summed E-state index contributed by atoms with van der Waals surface area (Å²) in [6.45, 7) is 5.64. The van der Waals surface area contributed by atoms with E-state index in [0.29, 0.717) is 38.0 Å². The maximum absolute atomic E-state index is 13.0. The van der Waals surface area contributed by atoms with Crippen molar-refractivity contribution in [3.8, 4) is 10.6 Å². The van der Waals surface area contributed by atoms with Crippen LogP contribution < -0.4 is 0 Å². The van der Waals surface area contributed by atoms with Crippen molar-refractivity contribution < 1.29 is 23.6 Å². The number of thiophene rings is 1. The van der Waals surface area contributed by atoms with Crippen LogP contribution in [-0.2, 0) is 16.0 Å². The monoisotopic (exact) mass is 472 g/mol. The number of hydrogen-bond acceptors (Lipinski definition) is 7. The molecule has 0 radical (unpaired) electrons. The summed E-state index contributed by atoms with van der Waals surface area (Å²) >= 11 is 7.41. The number of halogens is 1. The minimum atomic E-state index is -0.678. The Labute approximate surface area is 193 Å². The predicted molar refractivity (Wildman–Crippen MR) is 122 cm³/mol. The molecule has 4 rings (SSSR count). The van der Waals surface area contributed by atoms with E-state index in [1.807, 2.05) is 12.1 Å². The van der Waals surface area contributed by atoms with Crippen LogP contribution in [0.2, 0.25) is 4.34 Å². The maximum atomic E-state index is 13.0. The second-order valence-electron chi connectivity index (χ2n) is 8.13. The molecule has 32 heavy (non-hydrogen) atoms. The lowest BCUT2D eigenvalue weighted by atomic mass is 10.1. The summed E-state index contributed by atoms with van der Waals surface area (Å²) in [5, 5.41) is 4.75. The van der Waals surface area contributed by atoms with Gasteiger partial charge in [-0.15, -0.1) is 11.3 Å². The zero-order valence-corrected chi connectivity index (χ0v) is 19.5. The fourth-order valence-corrected chi connectivity index (χ4v) is 4.34. The van der Waals surface area contributed by atoms with Crippen LogP contribution in [0.1, 0.15) is 47.3 Å². The minimum absolute atomic E-state index is 0.241. The van der Waals surface area contributed by atoms with Crippen LogP contribution in [0.5, 0.6) is 0 Å². The van der Waals surface area contributed by atoms with Crippen molar-refractivity contribution in [1.29, 1.82) is 0 Å². The number of hydrogen-bond donors (Lipinski definition) is 0. The van der Waals surface area contributed by atoms with E-state index in [1.165, 1.54) is 18.4 Å². The molecule has 0 unspecified atom stereocenters. The number of carbonyl (C=O) groups is 2. The topological polar surface area (TPSA) is 83.6 Å². The highest BCUT2D eigenvalue weighted by molar-refractivity contribution is 7.19. The Morgan fingerprint density at radius 1 is 1.16 bits per heavy atom. The van der Waals surface area contributed by atoms with E-state index in [-0.39, 0.29) is 6.54 Å². The number of benzene rings is 1. The van der Waals surface area contributed by atoms with E-state index >= 15 is 0 Å². The molecule has 0 saturated carbocycles. The van der Waals surface area contributed by atoms with Gasteiger partial charge in [-0.1, -0.05) is 22.8 Å². The van der Waals surface area contributed by atoms with Crippen LogP contribution >= 0.6 is 22.9 Å². The zero-order valence-electron chi connectivity index (χ0n) is 18.0. The minimum Gasteiger partial charge on any atom is -0.465 e. The first-order valence-electron chi connectivity index (χ1n) is 9.81. The van der Waals surface area contributed by atoms with E-state index in [0.717, 1.165) is 4.88 Å². The second-order valence-corrected chi connectivity index (χ2v) is 9.85. The number of rotatable bonds is 5. The first-order valence-corrected chi connectivity index (χ1v) is 11.0. The standard InChI is InChI=1S/C23H21ClN2O5S/c1-23(2,3)30-22(28)17-11-15-14(21(27)29-4)6-5-7-16(15)26(17)12-13-10-18(31-25-13)19-8-9-20(24)32-19/h5-11H,12H2,1-4H3. The molecule has 0 saturated heterocycles. The summed E-state index contributed by atoms with van der Waals surface area (Å²) in [5.41, 5.74) is 1.27. The molecule has 3 aromatic heterocycles. The molecule has 0 aliphatic heterocycles. The van der Waals surface area contributed by atoms with Crippen LogP contribution in [0, 0.1) is 0 Å². The summed E-state index contributed by atoms with van der Waals surface area (Å²) < 4.78 is 18.4. The Bertz CT molecular complexity index is 1310. The number of methoxy groups -OCH3 is 1. The van der Waals surface area contributed by atoms with Gasteiger partial charge in [-0.05, 0) is 51.1 Å². The van der Waals surface area contributed by atoms with E-state index < -0.39 is 17.5 Å². The molecule has 0 atom stereocenters. The highest BCUT2D eigenvalue weighted by Gasteiger charge is 2.25. The number of nitrogens with zero attached hydrogens (tertiary/aromatic N) is 2. The number of aromatic nitrogens is 2. The molecule has 0 N–H and O–H groups in total. The van der Waals surface area contributed by atoms with E-state index in [2.05, 4.69) is 5.16 Å². The highest BCUT2D eigenvalue weighted by atomic mass is 35.5. The van der Waals surface area contributed by atoms with Gasteiger partial charge in [-0.3, -0.25) is 0 Å². The van der Waals surface area contributed by atoms with Crippen LogP contribution in [0.3, 0.4) is 0 Å². The van der Waals surface area contributed by atoms with Gasteiger partial charge in [-0.25, -0.2) is 9.59 Å². The van der Waals surface area contributed by atoms with Crippen molar-refractivity contribution in [1.82, 2.24) is 9.72 Å². The maximum Gasteiger partial charge on any atom is 0.355 e. The fraction of sp³-hybridized carbons (Fsp3) is 0.261.